The molecule has 5 aromatic rings. The number of anilines is 2. The van der Waals surface area contributed by atoms with Crippen LogP contribution in [0.2, 0.25) is 0 Å². The summed E-state index contributed by atoms with van der Waals surface area (Å²) in [5.74, 6) is -0.0751. The predicted molar refractivity (Wildman–Crippen MR) is 166 cm³/mol. The molecule has 2 heterocycles. The van der Waals surface area contributed by atoms with Gasteiger partial charge < -0.3 is 0 Å². The van der Waals surface area contributed by atoms with Crippen molar-refractivity contribution in [2.75, 3.05) is 10.0 Å². The first-order chi connectivity index (χ1) is 19.6. The van der Waals surface area contributed by atoms with Crippen LogP contribution in [0.25, 0.3) is 10.8 Å². The second-order valence-corrected chi connectivity index (χ2v) is 11.2. The number of hydrogen-bond acceptors (Lipinski definition) is 6. The number of hydrazone groups is 2. The molecule has 0 aromatic heterocycles. The molecule has 1 spiro atoms. The zero-order valence-corrected chi connectivity index (χ0v) is 23.0. The monoisotopic (exact) mass is 538 g/mol. The maximum Gasteiger partial charge on any atom is 0.234 e. The van der Waals surface area contributed by atoms with Crippen molar-refractivity contribution in [2.45, 2.75) is 18.8 Å². The van der Waals surface area contributed by atoms with Crippen LogP contribution in [0.3, 0.4) is 0 Å². The van der Waals surface area contributed by atoms with Gasteiger partial charge >= 0.3 is 0 Å². The number of para-hydroxylation sites is 1. The quantitative estimate of drug-likeness (QED) is 0.235. The molecule has 2 aliphatic heterocycles. The van der Waals surface area contributed by atoms with E-state index in [-0.39, 0.29) is 5.78 Å². The minimum Gasteiger partial charge on any atom is -0.292 e. The third-order valence-electron chi connectivity index (χ3n) is 7.33. The summed E-state index contributed by atoms with van der Waals surface area (Å²) in [5, 5.41) is 17.1. The molecule has 1 atom stereocenters. The molecule has 0 N–H and O–H groups in total. The summed E-state index contributed by atoms with van der Waals surface area (Å²) in [6, 6.07) is 41.5. The van der Waals surface area contributed by atoms with Gasteiger partial charge in [0.25, 0.3) is 0 Å². The highest BCUT2D eigenvalue weighted by atomic mass is 32.2. The van der Waals surface area contributed by atoms with Crippen LogP contribution in [-0.4, -0.2) is 16.5 Å². The lowest BCUT2D eigenvalue weighted by Crippen LogP contribution is -2.54. The molecular weight excluding hydrogens is 512 g/mol. The largest absolute Gasteiger partial charge is 0.292 e. The van der Waals surface area contributed by atoms with E-state index in [4.69, 9.17) is 10.2 Å². The molecule has 0 bridgehead atoms. The van der Waals surface area contributed by atoms with Gasteiger partial charge in [0.05, 0.1) is 17.1 Å². The van der Waals surface area contributed by atoms with Crippen LogP contribution in [0.15, 0.2) is 132 Å². The van der Waals surface area contributed by atoms with E-state index in [2.05, 4.69) is 97.9 Å². The Balaban J connectivity index is 1.56. The summed E-state index contributed by atoms with van der Waals surface area (Å²) in [4.78, 5) is 11.9. The summed E-state index contributed by atoms with van der Waals surface area (Å²) in [5.41, 5.74) is 6.86. The summed E-state index contributed by atoms with van der Waals surface area (Å²) in [7, 11) is 0. The number of Topliss-reactive ketones (excluding diaryl/α,β-unsaturated/α-hetero) is 1. The fourth-order valence-corrected chi connectivity index (χ4v) is 6.83. The lowest BCUT2D eigenvalue weighted by molar-refractivity contribution is -0.110. The van der Waals surface area contributed by atoms with Crippen LogP contribution in [-0.2, 0) is 9.79 Å². The first-order valence-corrected chi connectivity index (χ1v) is 14.1. The third-order valence-corrected chi connectivity index (χ3v) is 8.74. The van der Waals surface area contributed by atoms with E-state index in [9.17, 15) is 4.79 Å². The SMILES string of the molecule is CC(=O)C1=NN(c2cccc(C)c2)[C@@]2(S1)c1ccccc1C(c1cccc3ccccc13)=NN2c1ccccc1. The van der Waals surface area contributed by atoms with Crippen molar-refractivity contribution in [3.05, 3.63) is 144 Å². The Hall–Kier alpha value is -4.68. The maximum absolute atomic E-state index is 12.9. The highest BCUT2D eigenvalue weighted by Gasteiger charge is 2.55. The number of carbonyl (C=O) groups excluding carboxylic acids is 1. The smallest absolute Gasteiger partial charge is 0.234 e. The second kappa shape index (κ2) is 9.50. The standard InChI is InChI=1S/C34H26N4OS/c1-23-12-10-17-27(22-23)38-34(40-33(36-38)24(2)39)31-21-9-8-19-30(31)32(35-37(34)26-15-4-3-5-16-26)29-20-11-14-25-13-6-7-18-28(25)29/h3-22H,1-2H3/t34-/m1/s1. The van der Waals surface area contributed by atoms with E-state index in [1.54, 1.807) is 6.92 Å². The van der Waals surface area contributed by atoms with Gasteiger partial charge in [0.2, 0.25) is 4.99 Å². The van der Waals surface area contributed by atoms with E-state index >= 15 is 0 Å². The van der Waals surface area contributed by atoms with Crippen molar-refractivity contribution in [1.29, 1.82) is 0 Å². The molecule has 5 nitrogen and oxygen atoms in total. The molecule has 0 radical (unpaired) electrons. The van der Waals surface area contributed by atoms with Gasteiger partial charge in [0.15, 0.2) is 10.8 Å². The zero-order valence-electron chi connectivity index (χ0n) is 22.2. The van der Waals surface area contributed by atoms with Crippen molar-refractivity contribution in [1.82, 2.24) is 0 Å². The Labute approximate surface area is 237 Å². The van der Waals surface area contributed by atoms with Crippen molar-refractivity contribution in [2.24, 2.45) is 10.2 Å². The Bertz CT molecular complexity index is 1840. The average Bonchev–Trinajstić information content (AvgIpc) is 3.39. The van der Waals surface area contributed by atoms with E-state index < -0.39 is 4.99 Å². The molecule has 194 valence electrons. The predicted octanol–water partition coefficient (Wildman–Crippen LogP) is 7.69. The normalized spacial score (nSPS) is 18.1. The number of benzene rings is 5. The van der Waals surface area contributed by atoms with Crippen molar-refractivity contribution in [3.8, 4) is 0 Å². The highest BCUT2D eigenvalue weighted by molar-refractivity contribution is 8.17. The van der Waals surface area contributed by atoms with Gasteiger partial charge in [-0.1, -0.05) is 97.1 Å². The molecule has 0 unspecified atom stereocenters. The molecule has 0 aliphatic carbocycles. The molecule has 6 heteroatoms. The lowest BCUT2D eigenvalue weighted by Gasteiger charge is -2.47. The third kappa shape index (κ3) is 3.75. The Morgan fingerprint density at radius 1 is 0.700 bits per heavy atom. The fraction of sp³-hybridized carbons (Fsp3) is 0.0882. The van der Waals surface area contributed by atoms with Gasteiger partial charge in [0.1, 0.15) is 0 Å². The molecule has 5 aromatic carbocycles. The highest BCUT2D eigenvalue weighted by Crippen LogP contribution is 2.55. The summed E-state index contributed by atoms with van der Waals surface area (Å²) >= 11 is 1.44. The number of nitrogens with zero attached hydrogens (tertiary/aromatic N) is 4. The first-order valence-electron chi connectivity index (χ1n) is 13.2. The fourth-order valence-electron chi connectivity index (χ4n) is 5.54. The molecule has 7 rings (SSSR count). The number of fused-ring (bicyclic) bond motifs is 3. The Morgan fingerprint density at radius 3 is 2.17 bits per heavy atom. The molecular formula is C34H26N4OS. The van der Waals surface area contributed by atoms with E-state index in [0.717, 1.165) is 50.1 Å². The number of carbonyl (C=O) groups is 1. The summed E-state index contributed by atoms with van der Waals surface area (Å²) in [6.45, 7) is 3.64. The van der Waals surface area contributed by atoms with Crippen LogP contribution in [0, 0.1) is 6.92 Å². The van der Waals surface area contributed by atoms with Crippen LogP contribution in [0.5, 0.6) is 0 Å². The van der Waals surface area contributed by atoms with Gasteiger partial charge in [-0.2, -0.15) is 10.2 Å². The maximum atomic E-state index is 12.9. The van der Waals surface area contributed by atoms with Crippen LogP contribution in [0.4, 0.5) is 11.4 Å². The molecule has 40 heavy (non-hydrogen) atoms. The van der Waals surface area contributed by atoms with Crippen molar-refractivity contribution < 1.29 is 4.79 Å². The van der Waals surface area contributed by atoms with E-state index in [1.807, 2.05) is 40.3 Å². The molecule has 0 saturated carbocycles. The first kappa shape index (κ1) is 24.4. The zero-order chi connectivity index (χ0) is 27.3. The topological polar surface area (TPSA) is 48.3 Å². The molecule has 0 amide bonds. The minimum atomic E-state index is -0.958. The van der Waals surface area contributed by atoms with Crippen LogP contribution in [0.1, 0.15) is 29.2 Å². The number of rotatable bonds is 4. The Kier molecular flexibility index (Phi) is 5.79. The van der Waals surface area contributed by atoms with Crippen LogP contribution < -0.4 is 10.0 Å². The van der Waals surface area contributed by atoms with Gasteiger partial charge in [-0.3, -0.25) is 4.79 Å². The van der Waals surface area contributed by atoms with E-state index in [1.165, 1.54) is 11.8 Å². The minimum absolute atomic E-state index is 0.0751. The van der Waals surface area contributed by atoms with Crippen LogP contribution >= 0.6 is 11.8 Å². The number of aryl methyl sites for hydroxylation is 1. The van der Waals surface area contributed by atoms with Gasteiger partial charge in [0, 0.05) is 23.6 Å². The number of ketones is 1. The average molecular weight is 539 g/mol. The van der Waals surface area contributed by atoms with Crippen molar-refractivity contribution in [3.63, 3.8) is 0 Å². The number of thioether (sulfide) groups is 1. The van der Waals surface area contributed by atoms with Gasteiger partial charge in [-0.05, 0) is 59.3 Å². The van der Waals surface area contributed by atoms with Crippen molar-refractivity contribution >= 4 is 50.4 Å². The summed E-state index contributed by atoms with van der Waals surface area (Å²) < 4.78 is 0. The molecule has 0 fully saturated rings. The van der Waals surface area contributed by atoms with Gasteiger partial charge in [-0.15, -0.1) is 0 Å². The second-order valence-electron chi connectivity index (χ2n) is 9.99. The molecule has 0 saturated heterocycles. The number of hydrogen-bond donors (Lipinski definition) is 0. The van der Waals surface area contributed by atoms with E-state index in [0.29, 0.717) is 5.04 Å². The molecule has 2 aliphatic rings. The Morgan fingerprint density at radius 2 is 1.35 bits per heavy atom. The van der Waals surface area contributed by atoms with Gasteiger partial charge in [-0.25, -0.2) is 10.0 Å². The summed E-state index contributed by atoms with van der Waals surface area (Å²) in [6.07, 6.45) is 0. The lowest BCUT2D eigenvalue weighted by atomic mass is 9.91.